The number of aromatic nitrogens is 3. The van der Waals surface area contributed by atoms with Crippen LogP contribution in [0.15, 0.2) is 54.6 Å². The van der Waals surface area contributed by atoms with E-state index in [0.717, 1.165) is 7.11 Å². The smallest absolute Gasteiger partial charge is 0.343 e. The molecule has 0 fully saturated rings. The highest BCUT2D eigenvalue weighted by molar-refractivity contribution is 5.78. The molecule has 0 aliphatic carbocycles. The molecule has 1 aromatic heterocycles. The van der Waals surface area contributed by atoms with Crippen molar-refractivity contribution >= 4 is 23.7 Å². The van der Waals surface area contributed by atoms with Gasteiger partial charge in [0.05, 0.1) is 23.8 Å². The first-order valence-electron chi connectivity index (χ1n) is 13.5. The van der Waals surface area contributed by atoms with Crippen molar-refractivity contribution in [2.24, 2.45) is 0 Å². The Bertz CT molecular complexity index is 1740. The maximum Gasteiger partial charge on any atom is 0.343 e. The third-order valence-corrected chi connectivity index (χ3v) is 5.99. The number of ether oxygens (including phenoxy) is 5. The first kappa shape index (κ1) is 33.4. The quantitative estimate of drug-likeness (QED) is 0.136. The first-order valence-corrected chi connectivity index (χ1v) is 13.5. The van der Waals surface area contributed by atoms with Gasteiger partial charge in [-0.1, -0.05) is 0 Å². The van der Waals surface area contributed by atoms with Crippen molar-refractivity contribution in [1.82, 2.24) is 15.0 Å². The van der Waals surface area contributed by atoms with Gasteiger partial charge < -0.3 is 44.1 Å². The number of aliphatic carboxylic acids is 2. The van der Waals surface area contributed by atoms with E-state index in [0.29, 0.717) is 0 Å². The monoisotopic (exact) mass is 649 g/mol. The number of hydrogen-bond acceptors (Lipinski definition) is 14. The van der Waals surface area contributed by atoms with Crippen LogP contribution in [0.2, 0.25) is 0 Å². The van der Waals surface area contributed by atoms with Gasteiger partial charge in [0.2, 0.25) is 0 Å². The van der Waals surface area contributed by atoms with Gasteiger partial charge in [-0.3, -0.25) is 4.79 Å². The van der Waals surface area contributed by atoms with Crippen LogP contribution in [-0.4, -0.2) is 92.6 Å². The minimum atomic E-state index is -1.23. The number of carboxylic acid groups (broad SMARTS) is 2. The Labute approximate surface area is 265 Å². The van der Waals surface area contributed by atoms with Crippen LogP contribution in [-0.2, 0) is 23.9 Å². The Hall–Kier alpha value is -6.45. The Balaban J connectivity index is 1.87. The molecule has 0 unspecified atom stereocenters. The van der Waals surface area contributed by atoms with E-state index in [4.69, 9.17) is 29.2 Å². The van der Waals surface area contributed by atoms with Gasteiger partial charge in [-0.2, -0.15) is 0 Å². The summed E-state index contributed by atoms with van der Waals surface area (Å²) < 4.78 is 26.0. The largest absolute Gasteiger partial charge is 0.507 e. The van der Waals surface area contributed by atoms with Crippen LogP contribution >= 0.6 is 0 Å². The molecule has 0 aliphatic heterocycles. The van der Waals surface area contributed by atoms with Crippen molar-refractivity contribution in [3.05, 3.63) is 54.6 Å². The molecular weight excluding hydrogens is 622 g/mol. The fraction of sp³-hybridized carbons (Fsp3) is 0.194. The number of carboxylic acids is 2. The summed E-state index contributed by atoms with van der Waals surface area (Å²) in [5.74, 6) is -4.06. The van der Waals surface area contributed by atoms with E-state index in [1.165, 1.54) is 61.5 Å². The molecule has 0 spiro atoms. The Morgan fingerprint density at radius 2 is 1.02 bits per heavy atom. The number of hydrogen-bond donors (Lipinski definition) is 4. The summed E-state index contributed by atoms with van der Waals surface area (Å²) in [4.78, 5) is 58.5. The average Bonchev–Trinajstić information content (AvgIpc) is 3.04. The van der Waals surface area contributed by atoms with E-state index in [1.54, 1.807) is 0 Å². The van der Waals surface area contributed by atoms with E-state index in [1.807, 2.05) is 0 Å². The average molecular weight is 650 g/mol. The molecule has 0 bridgehead atoms. The predicted molar refractivity (Wildman–Crippen MR) is 159 cm³/mol. The molecule has 1 heterocycles. The highest BCUT2D eigenvalue weighted by Crippen LogP contribution is 2.38. The molecule has 16 heteroatoms. The van der Waals surface area contributed by atoms with Crippen LogP contribution in [0.3, 0.4) is 0 Å². The van der Waals surface area contributed by atoms with Crippen molar-refractivity contribution in [1.29, 1.82) is 0 Å². The van der Waals surface area contributed by atoms with E-state index in [-0.39, 0.29) is 81.1 Å². The van der Waals surface area contributed by atoms with Crippen LogP contribution in [0.5, 0.6) is 34.5 Å². The van der Waals surface area contributed by atoms with Crippen LogP contribution in [0.4, 0.5) is 0 Å². The molecule has 4 aromatic rings. The Morgan fingerprint density at radius 1 is 0.596 bits per heavy atom. The number of Topliss-reactive ketones (excluding diaryl/α,β-unsaturated/α-hetero) is 1. The number of phenolic OH excluding ortho intramolecular Hbond substituents is 2. The number of phenols is 2. The summed E-state index contributed by atoms with van der Waals surface area (Å²) in [6.45, 7) is -0.726. The number of methoxy groups -OCH3 is 1. The van der Waals surface area contributed by atoms with Gasteiger partial charge in [0, 0.05) is 18.2 Å². The van der Waals surface area contributed by atoms with Crippen molar-refractivity contribution in [2.45, 2.75) is 6.92 Å². The van der Waals surface area contributed by atoms with E-state index < -0.39 is 37.7 Å². The van der Waals surface area contributed by atoms with Crippen molar-refractivity contribution in [2.75, 3.05) is 33.5 Å². The zero-order valence-corrected chi connectivity index (χ0v) is 24.8. The summed E-state index contributed by atoms with van der Waals surface area (Å²) in [5.41, 5.74) is 0.338. The van der Waals surface area contributed by atoms with Crippen LogP contribution in [0.1, 0.15) is 6.92 Å². The minimum absolute atomic E-state index is 0.0137. The number of rotatable bonds is 15. The first-order chi connectivity index (χ1) is 22.4. The molecule has 0 aliphatic rings. The molecule has 4 rings (SSSR count). The maximum atomic E-state index is 11.9. The molecule has 0 saturated heterocycles. The number of nitrogens with zero attached hydrogens (tertiary/aromatic N) is 3. The van der Waals surface area contributed by atoms with Gasteiger partial charge in [0.15, 0.2) is 43.1 Å². The molecule has 0 atom stereocenters. The van der Waals surface area contributed by atoms with Gasteiger partial charge in [0.25, 0.3) is 0 Å². The van der Waals surface area contributed by atoms with Crippen LogP contribution < -0.4 is 18.9 Å². The third-order valence-electron chi connectivity index (χ3n) is 5.99. The zero-order valence-electron chi connectivity index (χ0n) is 24.8. The third kappa shape index (κ3) is 9.04. The van der Waals surface area contributed by atoms with Crippen LogP contribution in [0, 0.1) is 0 Å². The van der Waals surface area contributed by atoms with Crippen molar-refractivity contribution in [3.8, 4) is 68.7 Å². The second-order valence-electron chi connectivity index (χ2n) is 9.54. The second-order valence-corrected chi connectivity index (χ2v) is 9.54. The number of carbonyl (C=O) groups is 4. The summed E-state index contributed by atoms with van der Waals surface area (Å²) in [6, 6.07) is 12.3. The summed E-state index contributed by atoms with van der Waals surface area (Å²) in [5, 5.41) is 39.6. The van der Waals surface area contributed by atoms with Crippen molar-refractivity contribution < 1.29 is 63.3 Å². The zero-order chi connectivity index (χ0) is 34.1. The predicted octanol–water partition coefficient (Wildman–Crippen LogP) is 2.73. The van der Waals surface area contributed by atoms with E-state index in [9.17, 15) is 29.4 Å². The lowest BCUT2D eigenvalue weighted by molar-refractivity contribution is -0.143. The number of carbonyl (C=O) groups excluding carboxylic acids is 2. The van der Waals surface area contributed by atoms with Gasteiger partial charge in [0.1, 0.15) is 41.1 Å². The lowest BCUT2D eigenvalue weighted by Crippen LogP contribution is -2.14. The lowest BCUT2D eigenvalue weighted by Gasteiger charge is -2.15. The molecule has 4 N–H and O–H groups in total. The molecule has 0 radical (unpaired) electrons. The van der Waals surface area contributed by atoms with E-state index in [2.05, 4.69) is 19.7 Å². The molecule has 0 amide bonds. The molecule has 244 valence electrons. The van der Waals surface area contributed by atoms with Gasteiger partial charge in [-0.05, 0) is 43.3 Å². The van der Waals surface area contributed by atoms with Crippen molar-refractivity contribution in [3.63, 3.8) is 0 Å². The number of benzene rings is 3. The Kier molecular flexibility index (Phi) is 10.7. The van der Waals surface area contributed by atoms with Gasteiger partial charge in [-0.25, -0.2) is 29.3 Å². The topological polar surface area (TPSA) is 234 Å². The summed E-state index contributed by atoms with van der Waals surface area (Å²) in [7, 11) is 1.16. The SMILES string of the molecule is COC(=O)COc1cc(OCC(=O)O)ccc1-c1nc(-c2ccc(OCC(C)=O)cc2O)nc(-c2ccc(OCC(=O)O)cc2O)n1. The highest BCUT2D eigenvalue weighted by atomic mass is 16.6. The summed E-state index contributed by atoms with van der Waals surface area (Å²) >= 11 is 0. The molecular formula is C31H27N3O13. The standard InChI is InChI=1S/C31H27N3O13/c1-16(35)12-44-17-3-6-20(23(36)9-17)29-32-30(21-7-4-18(10-24(21)37)45-13-26(38)39)34-31(33-29)22-8-5-19(46-14-27(40)41)11-25(22)47-15-28(42)43-2/h3-11,36-37H,12-15H2,1-2H3,(H,38,39)(H,40,41). The fourth-order valence-corrected chi connectivity index (χ4v) is 3.89. The number of ketones is 1. The second kappa shape index (κ2) is 15.0. The van der Waals surface area contributed by atoms with Crippen LogP contribution in [0.25, 0.3) is 34.2 Å². The Morgan fingerprint density at radius 3 is 1.45 bits per heavy atom. The molecule has 16 nitrogen and oxygen atoms in total. The maximum absolute atomic E-state index is 11.9. The lowest BCUT2D eigenvalue weighted by atomic mass is 10.1. The highest BCUT2D eigenvalue weighted by Gasteiger charge is 2.21. The normalized spacial score (nSPS) is 10.5. The van der Waals surface area contributed by atoms with Gasteiger partial charge >= 0.3 is 17.9 Å². The summed E-state index contributed by atoms with van der Waals surface area (Å²) in [6.07, 6.45) is 0. The molecule has 3 aromatic carbocycles. The van der Waals surface area contributed by atoms with E-state index >= 15 is 0 Å². The molecule has 0 saturated carbocycles. The fourth-order valence-electron chi connectivity index (χ4n) is 3.89. The van der Waals surface area contributed by atoms with Gasteiger partial charge in [-0.15, -0.1) is 0 Å². The minimum Gasteiger partial charge on any atom is -0.507 e. The number of aromatic hydroxyl groups is 2. The number of esters is 1. The molecule has 47 heavy (non-hydrogen) atoms.